The third kappa shape index (κ3) is 5.59. The minimum Gasteiger partial charge on any atom is -0.490 e. The Morgan fingerprint density at radius 1 is 0.857 bits per heavy atom. The Labute approximate surface area is 164 Å². The van der Waals surface area contributed by atoms with Gasteiger partial charge in [-0.1, -0.05) is 48.5 Å². The lowest BCUT2D eigenvalue weighted by Crippen LogP contribution is -2.14. The lowest BCUT2D eigenvalue weighted by Gasteiger charge is -2.12. The molecule has 3 rings (SSSR count). The lowest BCUT2D eigenvalue weighted by molar-refractivity contribution is 0.101. The van der Waals surface area contributed by atoms with E-state index in [2.05, 4.69) is 5.32 Å². The van der Waals surface area contributed by atoms with Crippen molar-refractivity contribution in [2.24, 2.45) is 0 Å². The second-order valence-corrected chi connectivity index (χ2v) is 6.09. The van der Waals surface area contributed by atoms with E-state index in [1.165, 1.54) is 0 Å². The van der Waals surface area contributed by atoms with Gasteiger partial charge in [0.1, 0.15) is 24.7 Å². The minimum absolute atomic E-state index is 0.242. The normalized spacial score (nSPS) is 10.3. The van der Waals surface area contributed by atoms with Gasteiger partial charge >= 0.3 is 0 Å². The molecular weight excluding hydrogens is 354 g/mol. The van der Waals surface area contributed by atoms with Crippen molar-refractivity contribution in [1.82, 2.24) is 0 Å². The Kier molecular flexibility index (Phi) is 7.04. The number of anilines is 1. The van der Waals surface area contributed by atoms with E-state index in [4.69, 9.17) is 14.2 Å². The predicted molar refractivity (Wildman–Crippen MR) is 109 cm³/mol. The van der Waals surface area contributed by atoms with Gasteiger partial charge in [0.2, 0.25) is 0 Å². The molecule has 0 aliphatic rings. The first-order valence-corrected chi connectivity index (χ1v) is 9.05. The molecular formula is C23H23NO4. The van der Waals surface area contributed by atoms with Crippen LogP contribution in [0.4, 0.5) is 5.69 Å². The van der Waals surface area contributed by atoms with Crippen LogP contribution in [0.25, 0.3) is 0 Å². The number of ether oxygens (including phenoxy) is 3. The van der Waals surface area contributed by atoms with Gasteiger partial charge in [0, 0.05) is 18.9 Å². The molecule has 0 heterocycles. The number of methoxy groups -OCH3 is 1. The molecule has 1 amide bonds. The van der Waals surface area contributed by atoms with Gasteiger partial charge < -0.3 is 19.5 Å². The molecule has 0 aliphatic heterocycles. The van der Waals surface area contributed by atoms with Gasteiger partial charge in [0.25, 0.3) is 5.91 Å². The van der Waals surface area contributed by atoms with Crippen molar-refractivity contribution in [1.29, 1.82) is 0 Å². The number of nitrogens with one attached hydrogen (secondary N) is 1. The van der Waals surface area contributed by atoms with E-state index < -0.39 is 0 Å². The summed E-state index contributed by atoms with van der Waals surface area (Å²) in [7, 11) is 1.61. The fraction of sp³-hybridized carbons (Fsp3) is 0.174. The number of rotatable bonds is 9. The first-order chi connectivity index (χ1) is 13.8. The summed E-state index contributed by atoms with van der Waals surface area (Å²) in [5.41, 5.74) is 2.20. The summed E-state index contributed by atoms with van der Waals surface area (Å²) in [4.78, 5) is 12.7. The highest BCUT2D eigenvalue weighted by Crippen LogP contribution is 2.22. The SMILES string of the molecule is COCCOc1ccccc1C(=O)Nc1cccc(OCc2ccccc2)c1. The van der Waals surface area contributed by atoms with Crippen LogP contribution < -0.4 is 14.8 Å². The van der Waals surface area contributed by atoms with Gasteiger partial charge in [0.15, 0.2) is 0 Å². The highest BCUT2D eigenvalue weighted by Gasteiger charge is 2.12. The molecule has 0 saturated heterocycles. The summed E-state index contributed by atoms with van der Waals surface area (Å²) in [6.45, 7) is 1.30. The van der Waals surface area contributed by atoms with Crippen molar-refractivity contribution in [3.8, 4) is 11.5 Å². The Balaban J connectivity index is 1.64. The zero-order valence-electron chi connectivity index (χ0n) is 15.8. The van der Waals surface area contributed by atoms with E-state index in [-0.39, 0.29) is 5.91 Å². The molecule has 0 aromatic heterocycles. The van der Waals surface area contributed by atoms with Gasteiger partial charge in [-0.25, -0.2) is 0 Å². The number of hydrogen-bond acceptors (Lipinski definition) is 4. The van der Waals surface area contributed by atoms with E-state index in [9.17, 15) is 4.79 Å². The maximum Gasteiger partial charge on any atom is 0.259 e. The van der Waals surface area contributed by atoms with E-state index in [0.29, 0.717) is 42.6 Å². The molecule has 0 unspecified atom stereocenters. The number of amides is 1. The van der Waals surface area contributed by atoms with E-state index in [1.807, 2.05) is 54.6 Å². The lowest BCUT2D eigenvalue weighted by atomic mass is 10.2. The summed E-state index contributed by atoms with van der Waals surface area (Å²) in [5.74, 6) is 0.966. The molecule has 5 heteroatoms. The third-order valence-corrected chi connectivity index (χ3v) is 4.02. The van der Waals surface area contributed by atoms with Crippen LogP contribution in [0.1, 0.15) is 15.9 Å². The van der Waals surface area contributed by atoms with E-state index in [0.717, 1.165) is 5.56 Å². The molecule has 3 aromatic carbocycles. The molecule has 0 bridgehead atoms. The second-order valence-electron chi connectivity index (χ2n) is 6.09. The monoisotopic (exact) mass is 377 g/mol. The molecule has 0 radical (unpaired) electrons. The Hall–Kier alpha value is -3.31. The molecule has 144 valence electrons. The minimum atomic E-state index is -0.242. The molecule has 0 atom stereocenters. The third-order valence-electron chi connectivity index (χ3n) is 4.02. The Morgan fingerprint density at radius 2 is 1.64 bits per heavy atom. The van der Waals surface area contributed by atoms with Crippen molar-refractivity contribution < 1.29 is 19.0 Å². The molecule has 0 spiro atoms. The van der Waals surface area contributed by atoms with Crippen LogP contribution in [0.2, 0.25) is 0 Å². The van der Waals surface area contributed by atoms with Gasteiger partial charge in [-0.15, -0.1) is 0 Å². The van der Waals surface area contributed by atoms with Crippen LogP contribution in [0.5, 0.6) is 11.5 Å². The molecule has 28 heavy (non-hydrogen) atoms. The predicted octanol–water partition coefficient (Wildman–Crippen LogP) is 4.54. The Morgan fingerprint density at radius 3 is 2.46 bits per heavy atom. The van der Waals surface area contributed by atoms with Crippen LogP contribution >= 0.6 is 0 Å². The summed E-state index contributed by atoms with van der Waals surface area (Å²) < 4.78 is 16.4. The fourth-order valence-corrected chi connectivity index (χ4v) is 2.62. The van der Waals surface area contributed by atoms with Gasteiger partial charge in [-0.3, -0.25) is 4.79 Å². The topological polar surface area (TPSA) is 56.8 Å². The standard InChI is InChI=1S/C23H23NO4/c1-26-14-15-27-22-13-6-5-12-21(22)23(25)24-19-10-7-11-20(16-19)28-17-18-8-3-2-4-9-18/h2-13,16H,14-15,17H2,1H3,(H,24,25). The van der Waals surface area contributed by atoms with Crippen molar-refractivity contribution in [3.63, 3.8) is 0 Å². The average Bonchev–Trinajstić information content (AvgIpc) is 2.74. The van der Waals surface area contributed by atoms with Crippen molar-refractivity contribution in [2.75, 3.05) is 25.6 Å². The average molecular weight is 377 g/mol. The van der Waals surface area contributed by atoms with Gasteiger partial charge in [-0.2, -0.15) is 0 Å². The van der Waals surface area contributed by atoms with Crippen molar-refractivity contribution >= 4 is 11.6 Å². The fourth-order valence-electron chi connectivity index (χ4n) is 2.62. The van der Waals surface area contributed by atoms with Crippen LogP contribution in [0, 0.1) is 0 Å². The molecule has 3 aromatic rings. The van der Waals surface area contributed by atoms with Crippen LogP contribution in [0.15, 0.2) is 78.9 Å². The number of carbonyl (C=O) groups excluding carboxylic acids is 1. The first-order valence-electron chi connectivity index (χ1n) is 9.05. The maximum absolute atomic E-state index is 12.7. The van der Waals surface area contributed by atoms with Crippen molar-refractivity contribution in [3.05, 3.63) is 90.0 Å². The number of para-hydroxylation sites is 1. The Bertz CT molecular complexity index is 896. The number of benzene rings is 3. The van der Waals surface area contributed by atoms with Crippen molar-refractivity contribution in [2.45, 2.75) is 6.61 Å². The quantitative estimate of drug-likeness (QED) is 0.556. The van der Waals surface area contributed by atoms with Crippen LogP contribution in [0.3, 0.4) is 0 Å². The number of carbonyl (C=O) groups is 1. The summed E-state index contributed by atoms with van der Waals surface area (Å²) >= 11 is 0. The molecule has 5 nitrogen and oxygen atoms in total. The van der Waals surface area contributed by atoms with Crippen LogP contribution in [-0.4, -0.2) is 26.2 Å². The summed E-state index contributed by atoms with van der Waals surface area (Å²) in [6, 6.07) is 24.4. The largest absolute Gasteiger partial charge is 0.490 e. The van der Waals surface area contributed by atoms with Crippen LogP contribution in [-0.2, 0) is 11.3 Å². The van der Waals surface area contributed by atoms with E-state index in [1.54, 1.807) is 31.4 Å². The van der Waals surface area contributed by atoms with E-state index >= 15 is 0 Å². The molecule has 0 fully saturated rings. The smallest absolute Gasteiger partial charge is 0.259 e. The number of hydrogen-bond donors (Lipinski definition) is 1. The maximum atomic E-state index is 12.7. The van der Waals surface area contributed by atoms with Gasteiger partial charge in [0.05, 0.1) is 12.2 Å². The van der Waals surface area contributed by atoms with Gasteiger partial charge in [-0.05, 0) is 29.8 Å². The highest BCUT2D eigenvalue weighted by molar-refractivity contribution is 6.06. The summed E-state index contributed by atoms with van der Waals surface area (Å²) in [5, 5.41) is 2.90. The highest BCUT2D eigenvalue weighted by atomic mass is 16.5. The second kappa shape index (κ2) is 10.1. The molecule has 0 saturated carbocycles. The first kappa shape index (κ1) is 19.5. The zero-order valence-corrected chi connectivity index (χ0v) is 15.8. The summed E-state index contributed by atoms with van der Waals surface area (Å²) in [6.07, 6.45) is 0. The molecule has 0 aliphatic carbocycles. The zero-order chi connectivity index (χ0) is 19.6. The molecule has 1 N–H and O–H groups in total.